The van der Waals surface area contributed by atoms with Gasteiger partial charge in [0.1, 0.15) is 18.7 Å². The number of hydrogen-bond acceptors (Lipinski definition) is 5. The predicted octanol–water partition coefficient (Wildman–Crippen LogP) is 3.17. The van der Waals surface area contributed by atoms with Crippen LogP contribution in [0.25, 0.3) is 0 Å². The van der Waals surface area contributed by atoms with Crippen molar-refractivity contribution in [2.24, 2.45) is 11.7 Å². The third-order valence-corrected chi connectivity index (χ3v) is 5.20. The van der Waals surface area contributed by atoms with Crippen LogP contribution in [0.1, 0.15) is 45.6 Å². The van der Waals surface area contributed by atoms with Crippen molar-refractivity contribution in [3.05, 3.63) is 36.9 Å². The standard InChI is InChI=1S/C19H26N6O2.2ClH/c1-13(25-12-21-11-22-25)17(26)23-14-6-8-15(9-7-14)24-18(27)16-5-3-4-10-19(16,2)20;;/h6-9,11-13,16H,3-5,10,20H2,1-2H3,(H,23,26)(H,24,27);2*1H. The fourth-order valence-corrected chi connectivity index (χ4v) is 3.44. The first-order valence-electron chi connectivity index (χ1n) is 9.21. The second-order valence-electron chi connectivity index (χ2n) is 7.41. The Morgan fingerprint density at radius 3 is 2.34 bits per heavy atom. The molecule has 1 aliphatic rings. The average molecular weight is 443 g/mol. The molecule has 1 aliphatic carbocycles. The minimum atomic E-state index is -0.472. The lowest BCUT2D eigenvalue weighted by Crippen LogP contribution is -2.51. The number of halogens is 2. The van der Waals surface area contributed by atoms with Gasteiger partial charge in [-0.2, -0.15) is 5.10 Å². The molecule has 10 heteroatoms. The highest BCUT2D eigenvalue weighted by Gasteiger charge is 2.37. The van der Waals surface area contributed by atoms with Crippen molar-refractivity contribution in [1.82, 2.24) is 14.8 Å². The summed E-state index contributed by atoms with van der Waals surface area (Å²) < 4.78 is 1.48. The summed E-state index contributed by atoms with van der Waals surface area (Å²) in [7, 11) is 0. The fraction of sp³-hybridized carbons (Fsp3) is 0.474. The van der Waals surface area contributed by atoms with Crippen molar-refractivity contribution in [1.29, 1.82) is 0 Å². The van der Waals surface area contributed by atoms with E-state index in [1.165, 1.54) is 17.3 Å². The van der Waals surface area contributed by atoms with E-state index in [1.54, 1.807) is 31.2 Å². The zero-order valence-electron chi connectivity index (χ0n) is 16.5. The summed E-state index contributed by atoms with van der Waals surface area (Å²) in [6.45, 7) is 3.69. The van der Waals surface area contributed by atoms with Crippen molar-refractivity contribution in [2.45, 2.75) is 51.1 Å². The van der Waals surface area contributed by atoms with Gasteiger partial charge in [0, 0.05) is 16.9 Å². The Morgan fingerprint density at radius 1 is 1.17 bits per heavy atom. The van der Waals surface area contributed by atoms with E-state index in [4.69, 9.17) is 5.73 Å². The first kappa shape index (κ1) is 24.9. The van der Waals surface area contributed by atoms with Crippen LogP contribution in [0.5, 0.6) is 0 Å². The van der Waals surface area contributed by atoms with Crippen molar-refractivity contribution in [3.63, 3.8) is 0 Å². The number of rotatable bonds is 5. The van der Waals surface area contributed by atoms with Gasteiger partial charge in [-0.15, -0.1) is 24.8 Å². The number of nitrogens with two attached hydrogens (primary N) is 1. The molecule has 0 aliphatic heterocycles. The zero-order chi connectivity index (χ0) is 19.4. The number of aromatic nitrogens is 3. The van der Waals surface area contributed by atoms with Gasteiger partial charge >= 0.3 is 0 Å². The largest absolute Gasteiger partial charge is 0.326 e. The summed E-state index contributed by atoms with van der Waals surface area (Å²) in [4.78, 5) is 28.7. The van der Waals surface area contributed by atoms with Crippen LogP contribution in [-0.4, -0.2) is 32.1 Å². The Labute approximate surface area is 182 Å². The van der Waals surface area contributed by atoms with Gasteiger partial charge in [0.25, 0.3) is 0 Å². The molecule has 0 spiro atoms. The lowest BCUT2D eigenvalue weighted by molar-refractivity contribution is -0.123. The first-order chi connectivity index (χ1) is 12.9. The molecule has 3 atom stereocenters. The summed E-state index contributed by atoms with van der Waals surface area (Å²) in [5.74, 6) is -0.427. The maximum Gasteiger partial charge on any atom is 0.249 e. The number of carbonyl (C=O) groups excluding carboxylic acids is 2. The number of hydrogen-bond donors (Lipinski definition) is 3. The van der Waals surface area contributed by atoms with Gasteiger partial charge in [-0.25, -0.2) is 9.67 Å². The Bertz CT molecular complexity index is 796. The highest BCUT2D eigenvalue weighted by Crippen LogP contribution is 2.32. The van der Waals surface area contributed by atoms with Gasteiger partial charge in [-0.05, 0) is 51.0 Å². The van der Waals surface area contributed by atoms with E-state index in [-0.39, 0.29) is 42.5 Å². The molecular weight excluding hydrogens is 415 g/mol. The van der Waals surface area contributed by atoms with Crippen LogP contribution in [-0.2, 0) is 9.59 Å². The van der Waals surface area contributed by atoms with Crippen LogP contribution in [0.2, 0.25) is 0 Å². The highest BCUT2D eigenvalue weighted by molar-refractivity contribution is 5.95. The van der Waals surface area contributed by atoms with Gasteiger partial charge in [0.05, 0.1) is 5.92 Å². The van der Waals surface area contributed by atoms with Crippen molar-refractivity contribution in [2.75, 3.05) is 10.6 Å². The third kappa shape index (κ3) is 6.16. The molecule has 160 valence electrons. The average Bonchev–Trinajstić information content (AvgIpc) is 3.16. The Kier molecular flexibility index (Phi) is 9.07. The molecule has 4 N–H and O–H groups in total. The summed E-state index contributed by atoms with van der Waals surface area (Å²) in [6.07, 6.45) is 6.66. The SMILES string of the molecule is CC(C(=O)Nc1ccc(NC(=O)C2CCCCC2(C)N)cc1)n1cncn1.Cl.Cl. The second kappa shape index (κ2) is 10.6. The van der Waals surface area contributed by atoms with Crippen molar-refractivity contribution in [3.8, 4) is 0 Å². The van der Waals surface area contributed by atoms with Crippen molar-refractivity contribution < 1.29 is 9.59 Å². The topological polar surface area (TPSA) is 115 Å². The molecule has 2 aromatic rings. The van der Waals surface area contributed by atoms with E-state index in [2.05, 4.69) is 20.7 Å². The minimum Gasteiger partial charge on any atom is -0.326 e. The van der Waals surface area contributed by atoms with Crippen LogP contribution in [0.4, 0.5) is 11.4 Å². The first-order valence-corrected chi connectivity index (χ1v) is 9.21. The molecule has 0 bridgehead atoms. The molecule has 0 saturated heterocycles. The number of carbonyl (C=O) groups is 2. The second-order valence-corrected chi connectivity index (χ2v) is 7.41. The Balaban J connectivity index is 0.00000210. The monoisotopic (exact) mass is 442 g/mol. The minimum absolute atomic E-state index is 0. The van der Waals surface area contributed by atoms with Gasteiger partial charge in [0.2, 0.25) is 11.8 Å². The molecule has 3 rings (SSSR count). The smallest absolute Gasteiger partial charge is 0.249 e. The summed E-state index contributed by atoms with van der Waals surface area (Å²) in [5.41, 5.74) is 7.17. The molecule has 1 heterocycles. The van der Waals surface area contributed by atoms with E-state index < -0.39 is 11.6 Å². The molecule has 0 radical (unpaired) electrons. The predicted molar refractivity (Wildman–Crippen MR) is 117 cm³/mol. The number of amides is 2. The van der Waals surface area contributed by atoms with Crippen LogP contribution in [0, 0.1) is 5.92 Å². The van der Waals surface area contributed by atoms with Crippen LogP contribution >= 0.6 is 24.8 Å². The number of nitrogens with zero attached hydrogens (tertiary/aromatic N) is 3. The molecule has 1 aromatic heterocycles. The molecular formula is C19H28Cl2N6O2. The van der Waals surface area contributed by atoms with Crippen LogP contribution in [0.15, 0.2) is 36.9 Å². The lowest BCUT2D eigenvalue weighted by atomic mass is 9.74. The molecule has 2 amide bonds. The molecule has 1 fully saturated rings. The van der Waals surface area contributed by atoms with Gasteiger partial charge in [-0.3, -0.25) is 9.59 Å². The van der Waals surface area contributed by atoms with Gasteiger partial charge < -0.3 is 16.4 Å². The molecule has 1 saturated carbocycles. The molecule has 3 unspecified atom stereocenters. The maximum absolute atomic E-state index is 12.6. The number of benzene rings is 1. The highest BCUT2D eigenvalue weighted by atomic mass is 35.5. The number of anilines is 2. The molecule has 1 aromatic carbocycles. The maximum atomic E-state index is 12.6. The third-order valence-electron chi connectivity index (χ3n) is 5.20. The molecule has 29 heavy (non-hydrogen) atoms. The summed E-state index contributed by atoms with van der Waals surface area (Å²) in [5, 5.41) is 9.73. The van der Waals surface area contributed by atoms with Crippen LogP contribution < -0.4 is 16.4 Å². The van der Waals surface area contributed by atoms with E-state index in [0.29, 0.717) is 11.4 Å². The van der Waals surface area contributed by atoms with E-state index in [9.17, 15) is 9.59 Å². The Hall–Kier alpha value is -2.16. The van der Waals surface area contributed by atoms with Crippen molar-refractivity contribution >= 4 is 48.0 Å². The van der Waals surface area contributed by atoms with Crippen LogP contribution in [0.3, 0.4) is 0 Å². The normalized spacial score (nSPS) is 21.8. The van der Waals surface area contributed by atoms with Gasteiger partial charge in [-0.1, -0.05) is 12.8 Å². The van der Waals surface area contributed by atoms with Gasteiger partial charge in [0.15, 0.2) is 0 Å². The van der Waals surface area contributed by atoms with E-state index in [1.807, 2.05) is 6.92 Å². The summed E-state index contributed by atoms with van der Waals surface area (Å²) >= 11 is 0. The fourth-order valence-electron chi connectivity index (χ4n) is 3.44. The number of nitrogens with one attached hydrogen (secondary N) is 2. The van der Waals surface area contributed by atoms with E-state index in [0.717, 1.165) is 25.7 Å². The lowest BCUT2D eigenvalue weighted by Gasteiger charge is -2.37. The summed E-state index contributed by atoms with van der Waals surface area (Å²) in [6, 6.07) is 6.57. The quantitative estimate of drug-likeness (QED) is 0.657. The zero-order valence-corrected chi connectivity index (χ0v) is 18.1. The van der Waals surface area contributed by atoms with E-state index >= 15 is 0 Å². The molecule has 8 nitrogen and oxygen atoms in total. The Morgan fingerprint density at radius 2 is 1.79 bits per heavy atom.